The molecule has 0 radical (unpaired) electrons. The van der Waals surface area contributed by atoms with Crippen molar-refractivity contribution in [1.82, 2.24) is 5.16 Å². The molecule has 0 aliphatic carbocycles. The fourth-order valence-electron chi connectivity index (χ4n) is 1.79. The zero-order chi connectivity index (χ0) is 13.1. The molecule has 0 saturated carbocycles. The topological polar surface area (TPSA) is 63.3 Å². The molecule has 0 saturated heterocycles. The van der Waals surface area contributed by atoms with Gasteiger partial charge in [-0.2, -0.15) is 0 Å². The van der Waals surface area contributed by atoms with Gasteiger partial charge in [-0.05, 0) is 25.5 Å². The first kappa shape index (κ1) is 12.4. The second-order valence-corrected chi connectivity index (χ2v) is 4.39. The fourth-order valence-corrected chi connectivity index (χ4v) is 1.79. The summed E-state index contributed by atoms with van der Waals surface area (Å²) in [6.07, 6.45) is 0.461. The first-order chi connectivity index (χ1) is 8.56. The molecule has 0 fully saturated rings. The maximum atomic E-state index is 10.5. The van der Waals surface area contributed by atoms with E-state index >= 15 is 0 Å². The lowest BCUT2D eigenvalue weighted by Crippen LogP contribution is -1.97. The summed E-state index contributed by atoms with van der Waals surface area (Å²) in [7, 11) is 0. The van der Waals surface area contributed by atoms with Crippen LogP contribution in [0.2, 0.25) is 0 Å². The molecule has 1 aromatic heterocycles. The number of aromatic nitrogens is 1. The number of aryl methyl sites for hydroxylation is 3. The predicted octanol–water partition coefficient (Wildman–Crippen LogP) is 2.98. The molecule has 2 rings (SSSR count). The maximum absolute atomic E-state index is 10.5. The van der Waals surface area contributed by atoms with Gasteiger partial charge in [0.1, 0.15) is 0 Å². The van der Waals surface area contributed by atoms with Crippen LogP contribution in [0.4, 0.5) is 0 Å². The molecule has 1 heterocycles. The number of carboxylic acid groups (broad SMARTS) is 1. The largest absolute Gasteiger partial charge is 0.481 e. The lowest BCUT2D eigenvalue weighted by atomic mass is 10.0. The van der Waals surface area contributed by atoms with E-state index in [2.05, 4.69) is 5.16 Å². The van der Waals surface area contributed by atoms with E-state index in [0.29, 0.717) is 17.9 Å². The highest BCUT2D eigenvalue weighted by atomic mass is 16.5. The quantitative estimate of drug-likeness (QED) is 0.899. The first-order valence-corrected chi connectivity index (χ1v) is 5.81. The smallest absolute Gasteiger partial charge is 0.303 e. The van der Waals surface area contributed by atoms with Crippen molar-refractivity contribution in [2.45, 2.75) is 26.7 Å². The Labute approximate surface area is 105 Å². The number of carboxylic acids is 1. The Morgan fingerprint density at radius 3 is 2.83 bits per heavy atom. The van der Waals surface area contributed by atoms with Gasteiger partial charge in [0, 0.05) is 18.1 Å². The Bertz CT molecular complexity index is 572. The van der Waals surface area contributed by atoms with Crippen LogP contribution in [0, 0.1) is 13.8 Å². The lowest BCUT2D eigenvalue weighted by Gasteiger charge is -2.02. The van der Waals surface area contributed by atoms with Crippen LogP contribution in [-0.2, 0) is 11.2 Å². The van der Waals surface area contributed by atoms with E-state index in [9.17, 15) is 4.79 Å². The van der Waals surface area contributed by atoms with E-state index in [1.54, 1.807) is 0 Å². The SMILES string of the molecule is Cc1ccc(C)c(-c2cc(CCC(=O)O)no2)c1. The van der Waals surface area contributed by atoms with Crippen molar-refractivity contribution in [2.24, 2.45) is 0 Å². The second-order valence-electron chi connectivity index (χ2n) is 4.39. The Morgan fingerprint density at radius 1 is 1.33 bits per heavy atom. The van der Waals surface area contributed by atoms with Gasteiger partial charge in [-0.15, -0.1) is 0 Å². The molecule has 1 aromatic carbocycles. The van der Waals surface area contributed by atoms with E-state index < -0.39 is 5.97 Å². The van der Waals surface area contributed by atoms with Crippen LogP contribution in [-0.4, -0.2) is 16.2 Å². The molecule has 4 heteroatoms. The van der Waals surface area contributed by atoms with Gasteiger partial charge in [0.25, 0.3) is 0 Å². The van der Waals surface area contributed by atoms with Crippen LogP contribution in [0.5, 0.6) is 0 Å². The molecule has 1 N–H and O–H groups in total. The highest BCUT2D eigenvalue weighted by molar-refractivity contribution is 5.67. The van der Waals surface area contributed by atoms with Crippen LogP contribution in [0.15, 0.2) is 28.8 Å². The van der Waals surface area contributed by atoms with Crippen molar-refractivity contribution in [3.63, 3.8) is 0 Å². The van der Waals surface area contributed by atoms with E-state index in [0.717, 1.165) is 16.7 Å². The second kappa shape index (κ2) is 5.04. The van der Waals surface area contributed by atoms with Gasteiger partial charge in [0.2, 0.25) is 0 Å². The van der Waals surface area contributed by atoms with Gasteiger partial charge in [-0.1, -0.05) is 22.9 Å². The number of aliphatic carboxylic acids is 1. The zero-order valence-corrected chi connectivity index (χ0v) is 10.4. The van der Waals surface area contributed by atoms with Gasteiger partial charge in [-0.25, -0.2) is 0 Å². The normalized spacial score (nSPS) is 10.6. The van der Waals surface area contributed by atoms with Crippen molar-refractivity contribution in [3.05, 3.63) is 41.1 Å². The number of rotatable bonds is 4. The average Bonchev–Trinajstić information content (AvgIpc) is 2.78. The summed E-state index contributed by atoms with van der Waals surface area (Å²) in [5.41, 5.74) is 3.94. The minimum Gasteiger partial charge on any atom is -0.481 e. The highest BCUT2D eigenvalue weighted by Crippen LogP contribution is 2.25. The maximum Gasteiger partial charge on any atom is 0.303 e. The van der Waals surface area contributed by atoms with Crippen molar-refractivity contribution in [1.29, 1.82) is 0 Å². The third kappa shape index (κ3) is 2.77. The third-order valence-corrected chi connectivity index (χ3v) is 2.81. The fraction of sp³-hybridized carbons (Fsp3) is 0.286. The molecule has 0 bridgehead atoms. The number of nitrogens with zero attached hydrogens (tertiary/aromatic N) is 1. The lowest BCUT2D eigenvalue weighted by molar-refractivity contribution is -0.136. The molecule has 18 heavy (non-hydrogen) atoms. The molecule has 0 aliphatic heterocycles. The van der Waals surface area contributed by atoms with Gasteiger partial charge in [-0.3, -0.25) is 4.79 Å². The van der Waals surface area contributed by atoms with Gasteiger partial charge in [0.15, 0.2) is 5.76 Å². The molecular formula is C14H15NO3. The Morgan fingerprint density at radius 2 is 2.11 bits per heavy atom. The molecule has 2 aromatic rings. The Hall–Kier alpha value is -2.10. The van der Waals surface area contributed by atoms with Crippen LogP contribution in [0.3, 0.4) is 0 Å². The van der Waals surface area contributed by atoms with Crippen molar-refractivity contribution in [2.75, 3.05) is 0 Å². The van der Waals surface area contributed by atoms with Crippen LogP contribution in [0.1, 0.15) is 23.2 Å². The van der Waals surface area contributed by atoms with Gasteiger partial charge >= 0.3 is 5.97 Å². The first-order valence-electron chi connectivity index (χ1n) is 5.81. The molecule has 0 amide bonds. The van der Waals surface area contributed by atoms with Gasteiger partial charge in [0.05, 0.1) is 12.1 Å². The average molecular weight is 245 g/mol. The minimum atomic E-state index is -0.828. The summed E-state index contributed by atoms with van der Waals surface area (Å²) >= 11 is 0. The number of hydrogen-bond acceptors (Lipinski definition) is 3. The molecule has 0 unspecified atom stereocenters. The molecule has 94 valence electrons. The summed E-state index contributed by atoms with van der Waals surface area (Å²) in [5, 5.41) is 12.5. The summed E-state index contributed by atoms with van der Waals surface area (Å²) in [5.74, 6) is -0.136. The van der Waals surface area contributed by atoms with E-state index in [4.69, 9.17) is 9.63 Å². The molecular weight excluding hydrogens is 230 g/mol. The van der Waals surface area contributed by atoms with E-state index in [1.165, 1.54) is 0 Å². The number of hydrogen-bond donors (Lipinski definition) is 1. The van der Waals surface area contributed by atoms with Crippen molar-refractivity contribution < 1.29 is 14.4 Å². The number of benzene rings is 1. The Balaban J connectivity index is 2.23. The monoisotopic (exact) mass is 245 g/mol. The summed E-state index contributed by atoms with van der Waals surface area (Å²) < 4.78 is 5.28. The van der Waals surface area contributed by atoms with Gasteiger partial charge < -0.3 is 9.63 Å². The summed E-state index contributed by atoms with van der Waals surface area (Å²) in [4.78, 5) is 10.5. The van der Waals surface area contributed by atoms with Crippen LogP contribution >= 0.6 is 0 Å². The predicted molar refractivity (Wildman–Crippen MR) is 67.4 cm³/mol. The third-order valence-electron chi connectivity index (χ3n) is 2.81. The molecule has 0 atom stereocenters. The van der Waals surface area contributed by atoms with Crippen LogP contribution < -0.4 is 0 Å². The standard InChI is InChI=1S/C14H15NO3/c1-9-3-4-10(2)12(7-9)13-8-11(15-18-13)5-6-14(16)17/h3-4,7-8H,5-6H2,1-2H3,(H,16,17). The Kier molecular flexibility index (Phi) is 3.46. The van der Waals surface area contributed by atoms with E-state index in [-0.39, 0.29) is 6.42 Å². The summed E-state index contributed by atoms with van der Waals surface area (Å²) in [6, 6.07) is 7.92. The number of carbonyl (C=O) groups is 1. The highest BCUT2D eigenvalue weighted by Gasteiger charge is 2.10. The molecule has 4 nitrogen and oxygen atoms in total. The zero-order valence-electron chi connectivity index (χ0n) is 10.4. The molecule has 0 spiro atoms. The van der Waals surface area contributed by atoms with E-state index in [1.807, 2.05) is 38.1 Å². The molecule has 0 aliphatic rings. The minimum absolute atomic E-state index is 0.0682. The summed E-state index contributed by atoms with van der Waals surface area (Å²) in [6.45, 7) is 4.03. The van der Waals surface area contributed by atoms with Crippen LogP contribution in [0.25, 0.3) is 11.3 Å². The van der Waals surface area contributed by atoms with Crippen molar-refractivity contribution in [3.8, 4) is 11.3 Å². The van der Waals surface area contributed by atoms with Crippen molar-refractivity contribution >= 4 is 5.97 Å².